The van der Waals surface area contributed by atoms with Crippen molar-refractivity contribution in [3.8, 4) is 0 Å². The Morgan fingerprint density at radius 2 is 1.71 bits per heavy atom. The normalized spacial score (nSPS) is 10.8. The van der Waals surface area contributed by atoms with E-state index in [1.54, 1.807) is 38.1 Å². The van der Waals surface area contributed by atoms with Gasteiger partial charge in [0.15, 0.2) is 0 Å². The number of anilines is 2. The molecule has 4 N–H and O–H groups in total. The molecule has 118 valence electrons. The van der Waals surface area contributed by atoms with E-state index in [1.807, 2.05) is 13.8 Å². The highest BCUT2D eigenvalue weighted by atomic mass is 35.5. The first-order valence-corrected chi connectivity index (χ1v) is 6.68. The summed E-state index contributed by atoms with van der Waals surface area (Å²) in [6, 6.07) is 7.06. The third-order valence-electron chi connectivity index (χ3n) is 3.04. The van der Waals surface area contributed by atoms with E-state index in [4.69, 9.17) is 5.73 Å². The second-order valence-electron chi connectivity index (χ2n) is 5.77. The topological polar surface area (TPSA) is 84.2 Å². The number of benzene rings is 1. The van der Waals surface area contributed by atoms with E-state index in [1.165, 1.54) is 0 Å². The Morgan fingerprint density at radius 3 is 2.19 bits per heavy atom. The highest BCUT2D eigenvalue weighted by Crippen LogP contribution is 2.20. The molecule has 1 aromatic carbocycles. The van der Waals surface area contributed by atoms with Crippen LogP contribution in [0.4, 0.5) is 11.4 Å². The second kappa shape index (κ2) is 8.00. The van der Waals surface area contributed by atoms with Crippen molar-refractivity contribution in [2.45, 2.75) is 27.7 Å². The average Bonchev–Trinajstić information content (AvgIpc) is 2.38. The van der Waals surface area contributed by atoms with E-state index < -0.39 is 5.41 Å². The third kappa shape index (κ3) is 5.73. The largest absolute Gasteiger partial charge is 0.329 e. The molecule has 2 amide bonds. The van der Waals surface area contributed by atoms with Crippen LogP contribution in [0, 0.1) is 11.3 Å². The second-order valence-corrected chi connectivity index (χ2v) is 5.77. The van der Waals surface area contributed by atoms with Crippen LogP contribution in [0.25, 0.3) is 0 Å². The van der Waals surface area contributed by atoms with Gasteiger partial charge in [-0.1, -0.05) is 19.9 Å². The van der Waals surface area contributed by atoms with Crippen LogP contribution < -0.4 is 16.4 Å². The Labute approximate surface area is 132 Å². The number of hydrogen-bond acceptors (Lipinski definition) is 3. The zero-order chi connectivity index (χ0) is 15.3. The van der Waals surface area contributed by atoms with Crippen molar-refractivity contribution in [3.05, 3.63) is 24.3 Å². The van der Waals surface area contributed by atoms with Gasteiger partial charge in [0, 0.05) is 23.8 Å². The van der Waals surface area contributed by atoms with Gasteiger partial charge in [-0.3, -0.25) is 9.59 Å². The molecule has 0 fully saturated rings. The molecule has 0 aliphatic heterocycles. The summed E-state index contributed by atoms with van der Waals surface area (Å²) in [5.74, 6) is -0.299. The smallest absolute Gasteiger partial charge is 0.231 e. The molecule has 1 aromatic rings. The maximum absolute atomic E-state index is 12.0. The molecular formula is C15H24ClN3O2. The van der Waals surface area contributed by atoms with Gasteiger partial charge in [0.05, 0.1) is 5.41 Å². The van der Waals surface area contributed by atoms with E-state index in [0.29, 0.717) is 11.4 Å². The van der Waals surface area contributed by atoms with Gasteiger partial charge in [-0.15, -0.1) is 12.4 Å². The van der Waals surface area contributed by atoms with Crippen molar-refractivity contribution < 1.29 is 9.59 Å². The lowest BCUT2D eigenvalue weighted by atomic mass is 9.92. The molecular weight excluding hydrogens is 290 g/mol. The molecule has 0 heterocycles. The molecule has 0 spiro atoms. The van der Waals surface area contributed by atoms with Crippen LogP contribution in [0.5, 0.6) is 0 Å². The maximum Gasteiger partial charge on any atom is 0.231 e. The van der Waals surface area contributed by atoms with Crippen LogP contribution in [-0.2, 0) is 9.59 Å². The number of nitrogens with one attached hydrogen (secondary N) is 2. The number of amides is 2. The van der Waals surface area contributed by atoms with Crippen molar-refractivity contribution in [1.29, 1.82) is 0 Å². The minimum Gasteiger partial charge on any atom is -0.329 e. The summed E-state index contributed by atoms with van der Waals surface area (Å²) < 4.78 is 0. The van der Waals surface area contributed by atoms with Gasteiger partial charge in [0.1, 0.15) is 0 Å². The summed E-state index contributed by atoms with van der Waals surface area (Å²) in [5.41, 5.74) is 6.24. The summed E-state index contributed by atoms with van der Waals surface area (Å²) in [7, 11) is 0. The van der Waals surface area contributed by atoms with Gasteiger partial charge in [-0.05, 0) is 32.0 Å². The van der Waals surface area contributed by atoms with Crippen molar-refractivity contribution in [2.75, 3.05) is 17.2 Å². The number of carbonyl (C=O) groups is 2. The lowest BCUT2D eigenvalue weighted by Crippen LogP contribution is -2.37. The van der Waals surface area contributed by atoms with Gasteiger partial charge in [0.25, 0.3) is 0 Å². The van der Waals surface area contributed by atoms with Gasteiger partial charge in [-0.2, -0.15) is 0 Å². The lowest BCUT2D eigenvalue weighted by Gasteiger charge is -2.21. The molecule has 0 aliphatic rings. The quantitative estimate of drug-likeness (QED) is 0.781. The SMILES string of the molecule is CC(C)C(=O)Nc1cccc(NC(=O)C(C)(C)CN)c1.Cl. The summed E-state index contributed by atoms with van der Waals surface area (Å²) in [5, 5.41) is 5.60. The number of halogens is 1. The van der Waals surface area contributed by atoms with Crippen LogP contribution in [0.1, 0.15) is 27.7 Å². The molecule has 0 saturated carbocycles. The summed E-state index contributed by atoms with van der Waals surface area (Å²) in [4.78, 5) is 23.7. The lowest BCUT2D eigenvalue weighted by molar-refractivity contribution is -0.123. The number of hydrogen-bond donors (Lipinski definition) is 3. The van der Waals surface area contributed by atoms with Gasteiger partial charge >= 0.3 is 0 Å². The molecule has 6 heteroatoms. The van der Waals surface area contributed by atoms with Crippen LogP contribution in [0.3, 0.4) is 0 Å². The molecule has 5 nitrogen and oxygen atoms in total. The zero-order valence-electron chi connectivity index (χ0n) is 12.9. The standard InChI is InChI=1S/C15H23N3O2.ClH/c1-10(2)13(19)17-11-6-5-7-12(8-11)18-14(20)15(3,4)9-16;/h5-8,10H,9,16H2,1-4H3,(H,17,19)(H,18,20);1H. The van der Waals surface area contributed by atoms with Gasteiger partial charge in [-0.25, -0.2) is 0 Å². The summed E-state index contributed by atoms with van der Waals surface area (Å²) >= 11 is 0. The molecule has 0 atom stereocenters. The fourth-order valence-corrected chi connectivity index (χ4v) is 1.35. The highest BCUT2D eigenvalue weighted by molar-refractivity contribution is 5.96. The Bertz CT molecular complexity index is 501. The van der Waals surface area contributed by atoms with Crippen molar-refractivity contribution >= 4 is 35.6 Å². The van der Waals surface area contributed by atoms with Crippen LogP contribution in [0.2, 0.25) is 0 Å². The zero-order valence-corrected chi connectivity index (χ0v) is 13.7. The predicted octanol–water partition coefficient (Wildman–Crippen LogP) is 2.63. The Morgan fingerprint density at radius 1 is 1.19 bits per heavy atom. The number of rotatable bonds is 5. The Kier molecular flexibility index (Phi) is 7.39. The number of nitrogens with two attached hydrogens (primary N) is 1. The van der Waals surface area contributed by atoms with Crippen LogP contribution in [0.15, 0.2) is 24.3 Å². The first-order valence-electron chi connectivity index (χ1n) is 6.68. The maximum atomic E-state index is 12.0. The fraction of sp³-hybridized carbons (Fsp3) is 0.467. The molecule has 1 rings (SSSR count). The van der Waals surface area contributed by atoms with E-state index >= 15 is 0 Å². The van der Waals surface area contributed by atoms with E-state index in [-0.39, 0.29) is 36.7 Å². The number of carbonyl (C=O) groups excluding carboxylic acids is 2. The van der Waals surface area contributed by atoms with Crippen molar-refractivity contribution in [2.24, 2.45) is 17.1 Å². The summed E-state index contributed by atoms with van der Waals surface area (Å²) in [6.07, 6.45) is 0. The van der Waals surface area contributed by atoms with Crippen molar-refractivity contribution in [1.82, 2.24) is 0 Å². The first-order chi connectivity index (χ1) is 9.26. The third-order valence-corrected chi connectivity index (χ3v) is 3.04. The monoisotopic (exact) mass is 313 g/mol. The first kappa shape index (κ1) is 19.4. The Hall–Kier alpha value is -1.59. The van der Waals surface area contributed by atoms with Crippen LogP contribution in [-0.4, -0.2) is 18.4 Å². The molecule has 0 unspecified atom stereocenters. The molecule has 0 radical (unpaired) electrons. The van der Waals surface area contributed by atoms with Gasteiger partial charge < -0.3 is 16.4 Å². The molecule has 0 bridgehead atoms. The molecule has 0 aromatic heterocycles. The van der Waals surface area contributed by atoms with E-state index in [2.05, 4.69) is 10.6 Å². The highest BCUT2D eigenvalue weighted by Gasteiger charge is 2.25. The molecule has 0 aliphatic carbocycles. The van der Waals surface area contributed by atoms with Crippen LogP contribution >= 0.6 is 12.4 Å². The predicted molar refractivity (Wildman–Crippen MR) is 88.6 cm³/mol. The minimum atomic E-state index is -0.628. The van der Waals surface area contributed by atoms with Crippen molar-refractivity contribution in [3.63, 3.8) is 0 Å². The van der Waals surface area contributed by atoms with E-state index in [0.717, 1.165) is 0 Å². The molecule has 21 heavy (non-hydrogen) atoms. The molecule has 0 saturated heterocycles. The Balaban J connectivity index is 0.00000400. The van der Waals surface area contributed by atoms with Gasteiger partial charge in [0.2, 0.25) is 11.8 Å². The summed E-state index contributed by atoms with van der Waals surface area (Å²) in [6.45, 7) is 7.48. The van der Waals surface area contributed by atoms with E-state index in [9.17, 15) is 9.59 Å². The minimum absolute atomic E-state index is 0. The fourth-order valence-electron chi connectivity index (χ4n) is 1.35. The average molecular weight is 314 g/mol.